The number of allylic oxidation sites excluding steroid dienone is 2. The first kappa shape index (κ1) is 16.4. The third kappa shape index (κ3) is 2.59. The van der Waals surface area contributed by atoms with Crippen LogP contribution in [0.5, 0.6) is 0 Å². The zero-order valence-electron chi connectivity index (χ0n) is 15.0. The van der Waals surface area contributed by atoms with E-state index in [1.807, 2.05) is 18.2 Å². The summed E-state index contributed by atoms with van der Waals surface area (Å²) in [5, 5.41) is 0. The topological polar surface area (TPSA) is 46.6 Å². The van der Waals surface area contributed by atoms with E-state index in [-0.39, 0.29) is 35.1 Å². The summed E-state index contributed by atoms with van der Waals surface area (Å²) in [7, 11) is 0. The molecule has 0 aromatic heterocycles. The standard InChI is InChI=1S/C21H25NO3/c1-21(2,3)16-12-25-20(24)22(16)19(23)18-15-10-9-14(11-15)17(18)13-7-5-4-6-8-13/h4-10,14-18H,11-12H2,1-3H3/t14-,15+,16-,17+,18+/m1/s1. The second-order valence-corrected chi connectivity index (χ2v) is 8.58. The highest BCUT2D eigenvalue weighted by atomic mass is 16.6. The van der Waals surface area contributed by atoms with E-state index in [2.05, 4.69) is 45.1 Å². The highest BCUT2D eigenvalue weighted by molar-refractivity contribution is 5.96. The zero-order valence-corrected chi connectivity index (χ0v) is 15.0. The van der Waals surface area contributed by atoms with E-state index in [1.165, 1.54) is 10.5 Å². The van der Waals surface area contributed by atoms with Gasteiger partial charge in [0.1, 0.15) is 6.61 Å². The molecule has 5 atom stereocenters. The number of ether oxygens (including phenoxy) is 1. The van der Waals surface area contributed by atoms with Crippen molar-refractivity contribution in [1.82, 2.24) is 4.90 Å². The molecule has 2 bridgehead atoms. The summed E-state index contributed by atoms with van der Waals surface area (Å²) in [5.74, 6) is 0.517. The highest BCUT2D eigenvalue weighted by Gasteiger charge is 2.54. The summed E-state index contributed by atoms with van der Waals surface area (Å²) in [6.07, 6.45) is 4.93. The minimum absolute atomic E-state index is 0.0619. The van der Waals surface area contributed by atoms with Gasteiger partial charge in [-0.1, -0.05) is 63.3 Å². The van der Waals surface area contributed by atoms with Crippen molar-refractivity contribution in [2.45, 2.75) is 39.2 Å². The lowest BCUT2D eigenvalue weighted by Crippen LogP contribution is -2.49. The van der Waals surface area contributed by atoms with E-state index in [4.69, 9.17) is 4.74 Å². The van der Waals surface area contributed by atoms with Crippen LogP contribution in [0.4, 0.5) is 4.79 Å². The number of carbonyl (C=O) groups excluding carboxylic acids is 2. The smallest absolute Gasteiger partial charge is 0.417 e. The molecule has 132 valence electrons. The number of hydrogen-bond acceptors (Lipinski definition) is 3. The molecule has 0 N–H and O–H groups in total. The van der Waals surface area contributed by atoms with Gasteiger partial charge in [0.15, 0.2) is 0 Å². The fraction of sp³-hybridized carbons (Fsp3) is 0.524. The maximum Gasteiger partial charge on any atom is 0.417 e. The van der Waals surface area contributed by atoms with E-state index in [9.17, 15) is 9.59 Å². The van der Waals surface area contributed by atoms with Gasteiger partial charge < -0.3 is 4.74 Å². The van der Waals surface area contributed by atoms with Gasteiger partial charge in [0.05, 0.1) is 12.0 Å². The first-order chi connectivity index (χ1) is 11.9. The molecule has 1 aromatic carbocycles. The average molecular weight is 339 g/mol. The van der Waals surface area contributed by atoms with Gasteiger partial charge >= 0.3 is 6.09 Å². The highest BCUT2D eigenvalue weighted by Crippen LogP contribution is 2.54. The lowest BCUT2D eigenvalue weighted by Gasteiger charge is -2.35. The van der Waals surface area contributed by atoms with Crippen LogP contribution in [-0.4, -0.2) is 29.5 Å². The van der Waals surface area contributed by atoms with Crippen LogP contribution < -0.4 is 0 Å². The van der Waals surface area contributed by atoms with Gasteiger partial charge in [-0.2, -0.15) is 0 Å². The Hall–Kier alpha value is -2.10. The molecule has 0 spiro atoms. The second kappa shape index (κ2) is 5.72. The van der Waals surface area contributed by atoms with Gasteiger partial charge in [0.2, 0.25) is 5.91 Å². The normalized spacial score (nSPS) is 33.8. The Bertz CT molecular complexity index is 718. The molecule has 4 heteroatoms. The molecule has 0 unspecified atom stereocenters. The Kier molecular flexibility index (Phi) is 3.75. The van der Waals surface area contributed by atoms with Crippen molar-refractivity contribution in [3.8, 4) is 0 Å². The van der Waals surface area contributed by atoms with Crippen LogP contribution in [0.25, 0.3) is 0 Å². The summed E-state index contributed by atoms with van der Waals surface area (Å²) < 4.78 is 5.25. The fourth-order valence-electron chi connectivity index (χ4n) is 4.75. The lowest BCUT2D eigenvalue weighted by molar-refractivity contribution is -0.136. The molecule has 2 amide bonds. The van der Waals surface area contributed by atoms with Crippen molar-refractivity contribution in [3.05, 3.63) is 48.0 Å². The van der Waals surface area contributed by atoms with Gasteiger partial charge in [-0.25, -0.2) is 9.69 Å². The van der Waals surface area contributed by atoms with Crippen molar-refractivity contribution in [3.63, 3.8) is 0 Å². The summed E-state index contributed by atoms with van der Waals surface area (Å²) in [5.41, 5.74) is 0.995. The van der Waals surface area contributed by atoms with Gasteiger partial charge in [0, 0.05) is 5.92 Å². The second-order valence-electron chi connectivity index (χ2n) is 8.58. The molecule has 1 heterocycles. The Morgan fingerprint density at radius 3 is 2.48 bits per heavy atom. The maximum atomic E-state index is 13.5. The molecular weight excluding hydrogens is 314 g/mol. The molecule has 0 radical (unpaired) electrons. The zero-order chi connectivity index (χ0) is 17.8. The number of imide groups is 1. The monoisotopic (exact) mass is 339 g/mol. The number of benzene rings is 1. The molecule has 3 aliphatic rings. The fourth-order valence-corrected chi connectivity index (χ4v) is 4.75. The first-order valence-electron chi connectivity index (χ1n) is 9.11. The van der Waals surface area contributed by atoms with E-state index >= 15 is 0 Å². The number of rotatable bonds is 2. The third-order valence-electron chi connectivity index (χ3n) is 6.04. The molecule has 4 nitrogen and oxygen atoms in total. The Balaban J connectivity index is 1.69. The third-order valence-corrected chi connectivity index (χ3v) is 6.04. The first-order valence-corrected chi connectivity index (χ1v) is 9.11. The SMILES string of the molecule is CC(C)(C)[C@H]1COC(=O)N1C(=O)[C@@H]1[C@@H](c2ccccc2)[C@@H]2C=C[C@H]1C2. The van der Waals surface area contributed by atoms with Crippen molar-refractivity contribution < 1.29 is 14.3 Å². The summed E-state index contributed by atoms with van der Waals surface area (Å²) in [6, 6.07) is 10.0. The predicted molar refractivity (Wildman–Crippen MR) is 94.8 cm³/mol. The molecule has 1 saturated carbocycles. The minimum atomic E-state index is -0.483. The van der Waals surface area contributed by atoms with Gasteiger partial charge in [-0.3, -0.25) is 4.79 Å². The summed E-state index contributed by atoms with van der Waals surface area (Å²) >= 11 is 0. The number of amides is 2. The molecule has 1 aliphatic heterocycles. The Labute approximate surface area is 148 Å². The largest absolute Gasteiger partial charge is 0.447 e. The van der Waals surface area contributed by atoms with Crippen LogP contribution in [-0.2, 0) is 9.53 Å². The summed E-state index contributed by atoms with van der Waals surface area (Å²) in [6.45, 7) is 6.45. The molecule has 2 aliphatic carbocycles. The quantitative estimate of drug-likeness (QED) is 0.766. The van der Waals surface area contributed by atoms with Crippen molar-refractivity contribution in [2.24, 2.45) is 23.2 Å². The molecule has 2 fully saturated rings. The number of fused-ring (bicyclic) bond motifs is 2. The van der Waals surface area contributed by atoms with E-state index < -0.39 is 6.09 Å². The number of nitrogens with zero attached hydrogens (tertiary/aromatic N) is 1. The van der Waals surface area contributed by atoms with Gasteiger partial charge in [-0.05, 0) is 29.2 Å². The molecule has 25 heavy (non-hydrogen) atoms. The van der Waals surface area contributed by atoms with Crippen LogP contribution in [0.1, 0.15) is 38.7 Å². The van der Waals surface area contributed by atoms with Crippen molar-refractivity contribution in [1.29, 1.82) is 0 Å². The number of hydrogen-bond donors (Lipinski definition) is 0. The van der Waals surface area contributed by atoms with Crippen LogP contribution in [0.3, 0.4) is 0 Å². The predicted octanol–water partition coefficient (Wildman–Crippen LogP) is 3.99. The van der Waals surface area contributed by atoms with E-state index in [1.54, 1.807) is 0 Å². The molecular formula is C21H25NO3. The van der Waals surface area contributed by atoms with Gasteiger partial charge in [0.25, 0.3) is 0 Å². The summed E-state index contributed by atoms with van der Waals surface area (Å²) in [4.78, 5) is 27.2. The van der Waals surface area contributed by atoms with Crippen LogP contribution in [0.15, 0.2) is 42.5 Å². The Morgan fingerprint density at radius 2 is 1.80 bits per heavy atom. The van der Waals surface area contributed by atoms with E-state index in [0.29, 0.717) is 12.5 Å². The van der Waals surface area contributed by atoms with Crippen LogP contribution in [0.2, 0.25) is 0 Å². The maximum absolute atomic E-state index is 13.5. The number of carbonyl (C=O) groups is 2. The molecule has 4 rings (SSSR count). The van der Waals surface area contributed by atoms with Crippen LogP contribution >= 0.6 is 0 Å². The van der Waals surface area contributed by atoms with E-state index in [0.717, 1.165) is 6.42 Å². The Morgan fingerprint density at radius 1 is 1.12 bits per heavy atom. The molecule has 1 saturated heterocycles. The van der Waals surface area contributed by atoms with Crippen molar-refractivity contribution in [2.75, 3.05) is 6.61 Å². The average Bonchev–Trinajstić information content (AvgIpc) is 3.27. The number of cyclic esters (lactones) is 1. The van der Waals surface area contributed by atoms with Crippen molar-refractivity contribution >= 4 is 12.0 Å². The lowest BCUT2D eigenvalue weighted by atomic mass is 9.77. The minimum Gasteiger partial charge on any atom is -0.447 e. The molecule has 1 aromatic rings. The van der Waals surface area contributed by atoms with Crippen LogP contribution in [0, 0.1) is 23.2 Å². The van der Waals surface area contributed by atoms with Gasteiger partial charge in [-0.15, -0.1) is 0 Å².